The molecule has 2 heterocycles. The second kappa shape index (κ2) is 7.51. The summed E-state index contributed by atoms with van der Waals surface area (Å²) in [5.41, 5.74) is 2.12. The van der Waals surface area contributed by atoms with Gasteiger partial charge in [-0.15, -0.1) is 0 Å². The molecule has 0 aliphatic carbocycles. The first-order chi connectivity index (χ1) is 11.2. The lowest BCUT2D eigenvalue weighted by molar-refractivity contribution is -0.148. The van der Waals surface area contributed by atoms with Gasteiger partial charge in [0, 0.05) is 5.39 Å². The number of piperidine rings is 1. The summed E-state index contributed by atoms with van der Waals surface area (Å²) in [5.74, 6) is -0.203. The van der Waals surface area contributed by atoms with E-state index in [0.29, 0.717) is 12.8 Å². The van der Waals surface area contributed by atoms with Crippen LogP contribution in [-0.4, -0.2) is 36.1 Å². The molecule has 1 fully saturated rings. The minimum absolute atomic E-state index is 0.203. The van der Waals surface area contributed by atoms with Crippen LogP contribution in [-0.2, 0) is 14.9 Å². The first-order valence-corrected chi connectivity index (χ1v) is 8.18. The quantitative estimate of drug-likeness (QED) is 0.863. The zero-order valence-corrected chi connectivity index (χ0v) is 14.3. The normalized spacial score (nSPS) is 16.3. The molecule has 0 saturated carbocycles. The molecule has 0 atom stereocenters. The van der Waals surface area contributed by atoms with E-state index < -0.39 is 5.41 Å². The van der Waals surface area contributed by atoms with Crippen LogP contribution in [0.15, 0.2) is 24.5 Å². The van der Waals surface area contributed by atoms with Crippen LogP contribution in [0.3, 0.4) is 0 Å². The Kier molecular flexibility index (Phi) is 5.66. The highest BCUT2D eigenvalue weighted by molar-refractivity contribution is 5.91. The van der Waals surface area contributed by atoms with Gasteiger partial charge in [0.05, 0.1) is 18.3 Å². The van der Waals surface area contributed by atoms with Gasteiger partial charge in [0.1, 0.15) is 11.7 Å². The lowest BCUT2D eigenvalue weighted by Crippen LogP contribution is -2.46. The number of carbonyl (C=O) groups excluding carboxylic acids is 1. The molecule has 1 aromatic carbocycles. The highest BCUT2D eigenvalue weighted by Gasteiger charge is 2.44. The molecule has 1 aliphatic heterocycles. The second-order valence-electron chi connectivity index (χ2n) is 5.57. The van der Waals surface area contributed by atoms with Gasteiger partial charge in [-0.25, -0.2) is 9.97 Å². The van der Waals surface area contributed by atoms with Crippen LogP contribution in [0.5, 0.6) is 0 Å². The summed E-state index contributed by atoms with van der Waals surface area (Å²) in [7, 11) is 1.45. The Hall–Kier alpha value is -2.01. The molecule has 2 aromatic rings. The summed E-state index contributed by atoms with van der Waals surface area (Å²) in [6, 6.07) is 6.05. The Morgan fingerprint density at radius 2 is 1.91 bits per heavy atom. The molecule has 1 aliphatic rings. The molecular formula is C18H25N3O2. The predicted octanol–water partition coefficient (Wildman–Crippen LogP) is 2.76. The Bertz CT molecular complexity index is 679. The van der Waals surface area contributed by atoms with E-state index >= 15 is 0 Å². The van der Waals surface area contributed by atoms with E-state index in [1.165, 1.54) is 7.11 Å². The van der Waals surface area contributed by atoms with Crippen molar-refractivity contribution in [3.05, 3.63) is 35.8 Å². The third-order valence-electron chi connectivity index (χ3n) is 4.28. The summed E-state index contributed by atoms with van der Waals surface area (Å²) in [6.07, 6.45) is 2.93. The van der Waals surface area contributed by atoms with Gasteiger partial charge in [-0.1, -0.05) is 25.5 Å². The number of aromatic nitrogens is 2. The maximum atomic E-state index is 12.5. The van der Waals surface area contributed by atoms with Gasteiger partial charge in [-0.3, -0.25) is 4.79 Å². The van der Waals surface area contributed by atoms with Crippen LogP contribution in [0, 0.1) is 6.92 Å². The van der Waals surface area contributed by atoms with E-state index in [1.54, 1.807) is 6.33 Å². The second-order valence-corrected chi connectivity index (χ2v) is 5.57. The number of hydrogen-bond acceptors (Lipinski definition) is 5. The molecule has 5 heteroatoms. The van der Waals surface area contributed by atoms with Crippen molar-refractivity contribution in [1.29, 1.82) is 0 Å². The van der Waals surface area contributed by atoms with Gasteiger partial charge in [0.25, 0.3) is 0 Å². The number of rotatable bonds is 2. The van der Waals surface area contributed by atoms with Gasteiger partial charge in [0.2, 0.25) is 0 Å². The Morgan fingerprint density at radius 1 is 1.22 bits per heavy atom. The standard InChI is InChI=1S/C16H19N3O2.C2H6/c1-11-3-4-13-12(9-11)14(19-10-18-13)16(15(20)21-2)5-7-17-8-6-16;1-2/h3-4,9-10,17H,5-8H2,1-2H3;1-2H3. The highest BCUT2D eigenvalue weighted by atomic mass is 16.5. The number of nitrogens with zero attached hydrogens (tertiary/aromatic N) is 2. The molecule has 1 saturated heterocycles. The average Bonchev–Trinajstić information content (AvgIpc) is 2.62. The molecule has 3 rings (SSSR count). The van der Waals surface area contributed by atoms with Crippen molar-refractivity contribution in [2.75, 3.05) is 20.2 Å². The SMILES string of the molecule is CC.COC(=O)C1(c2ncnc3ccc(C)cc23)CCNCC1. The van der Waals surface area contributed by atoms with E-state index in [4.69, 9.17) is 4.74 Å². The number of nitrogens with one attached hydrogen (secondary N) is 1. The van der Waals surface area contributed by atoms with E-state index in [0.717, 1.165) is 35.2 Å². The van der Waals surface area contributed by atoms with Gasteiger partial charge < -0.3 is 10.1 Å². The number of ether oxygens (including phenoxy) is 1. The summed E-state index contributed by atoms with van der Waals surface area (Å²) < 4.78 is 5.10. The number of carbonyl (C=O) groups is 1. The summed E-state index contributed by atoms with van der Waals surface area (Å²) >= 11 is 0. The molecular weight excluding hydrogens is 290 g/mol. The van der Waals surface area contributed by atoms with E-state index in [2.05, 4.69) is 21.4 Å². The maximum absolute atomic E-state index is 12.5. The first-order valence-electron chi connectivity index (χ1n) is 8.18. The topological polar surface area (TPSA) is 64.1 Å². The van der Waals surface area contributed by atoms with Crippen LogP contribution in [0.4, 0.5) is 0 Å². The Labute approximate surface area is 137 Å². The largest absolute Gasteiger partial charge is 0.468 e. The van der Waals surface area contributed by atoms with Crippen molar-refractivity contribution in [3.8, 4) is 0 Å². The molecule has 1 aromatic heterocycles. The molecule has 124 valence electrons. The first kappa shape index (κ1) is 17.3. The van der Waals surface area contributed by atoms with Gasteiger partial charge in [-0.05, 0) is 45.0 Å². The molecule has 23 heavy (non-hydrogen) atoms. The smallest absolute Gasteiger partial charge is 0.318 e. The van der Waals surface area contributed by atoms with Crippen LogP contribution in [0.25, 0.3) is 10.9 Å². The van der Waals surface area contributed by atoms with Crippen molar-refractivity contribution in [2.45, 2.75) is 39.0 Å². The van der Waals surface area contributed by atoms with Gasteiger partial charge in [-0.2, -0.15) is 0 Å². The van der Waals surface area contributed by atoms with Gasteiger partial charge >= 0.3 is 5.97 Å². The molecule has 5 nitrogen and oxygen atoms in total. The van der Waals surface area contributed by atoms with Crippen LogP contribution in [0.2, 0.25) is 0 Å². The molecule has 1 N–H and O–H groups in total. The number of methoxy groups -OCH3 is 1. The molecule has 0 unspecified atom stereocenters. The van der Waals surface area contributed by atoms with Crippen molar-refractivity contribution in [3.63, 3.8) is 0 Å². The average molecular weight is 315 g/mol. The van der Waals surface area contributed by atoms with E-state index in [-0.39, 0.29) is 5.97 Å². The predicted molar refractivity (Wildman–Crippen MR) is 91.4 cm³/mol. The van der Waals surface area contributed by atoms with Crippen molar-refractivity contribution >= 4 is 16.9 Å². The minimum Gasteiger partial charge on any atom is -0.468 e. The Balaban J connectivity index is 0.000000924. The molecule has 0 radical (unpaired) electrons. The summed E-state index contributed by atoms with van der Waals surface area (Å²) in [6.45, 7) is 7.60. The van der Waals surface area contributed by atoms with E-state index in [9.17, 15) is 4.79 Å². The van der Waals surface area contributed by atoms with Crippen molar-refractivity contribution < 1.29 is 9.53 Å². The molecule has 0 spiro atoms. The van der Waals surface area contributed by atoms with Crippen LogP contribution < -0.4 is 5.32 Å². The Morgan fingerprint density at radius 3 is 2.57 bits per heavy atom. The fourth-order valence-electron chi connectivity index (χ4n) is 3.14. The number of aryl methyl sites for hydroxylation is 1. The molecule has 0 bridgehead atoms. The number of esters is 1. The lowest BCUT2D eigenvalue weighted by Gasteiger charge is -2.34. The van der Waals surface area contributed by atoms with Gasteiger partial charge in [0.15, 0.2) is 0 Å². The summed E-state index contributed by atoms with van der Waals surface area (Å²) in [5, 5.41) is 4.25. The third kappa shape index (κ3) is 3.20. The van der Waals surface area contributed by atoms with E-state index in [1.807, 2.05) is 32.9 Å². The summed E-state index contributed by atoms with van der Waals surface area (Å²) in [4.78, 5) is 21.3. The maximum Gasteiger partial charge on any atom is 0.318 e. The highest BCUT2D eigenvalue weighted by Crippen LogP contribution is 2.37. The third-order valence-corrected chi connectivity index (χ3v) is 4.28. The van der Waals surface area contributed by atoms with Crippen LogP contribution in [0.1, 0.15) is 37.9 Å². The zero-order valence-electron chi connectivity index (χ0n) is 14.3. The number of fused-ring (bicyclic) bond motifs is 1. The van der Waals surface area contributed by atoms with Crippen molar-refractivity contribution in [2.24, 2.45) is 0 Å². The molecule has 0 amide bonds. The lowest BCUT2D eigenvalue weighted by atomic mass is 9.74. The fraction of sp³-hybridized carbons (Fsp3) is 0.500. The zero-order chi connectivity index (χ0) is 16.9. The van der Waals surface area contributed by atoms with Crippen LogP contribution >= 0.6 is 0 Å². The van der Waals surface area contributed by atoms with Crippen molar-refractivity contribution in [1.82, 2.24) is 15.3 Å². The number of hydrogen-bond donors (Lipinski definition) is 1. The fourth-order valence-corrected chi connectivity index (χ4v) is 3.14. The minimum atomic E-state index is -0.672. The number of benzene rings is 1. The monoisotopic (exact) mass is 315 g/mol.